The lowest BCUT2D eigenvalue weighted by Crippen LogP contribution is -2.30. The van der Waals surface area contributed by atoms with Crippen molar-refractivity contribution < 1.29 is 9.32 Å². The molecule has 1 amide bonds. The van der Waals surface area contributed by atoms with Crippen LogP contribution < -0.4 is 0 Å². The molecule has 5 heteroatoms. The molecule has 0 radical (unpaired) electrons. The van der Waals surface area contributed by atoms with Crippen LogP contribution in [0.15, 0.2) is 40.9 Å². The molecule has 1 aromatic heterocycles. The van der Waals surface area contributed by atoms with E-state index in [1.165, 1.54) is 0 Å². The monoisotopic (exact) mass is 325 g/mol. The fourth-order valence-electron chi connectivity index (χ4n) is 3.01. The van der Waals surface area contributed by atoms with Crippen molar-refractivity contribution in [1.29, 1.82) is 0 Å². The van der Waals surface area contributed by atoms with Crippen molar-refractivity contribution >= 4 is 12.0 Å². The Kier molecular flexibility index (Phi) is 5.41. The summed E-state index contributed by atoms with van der Waals surface area (Å²) >= 11 is 0. The molecule has 0 aliphatic carbocycles. The van der Waals surface area contributed by atoms with Crippen molar-refractivity contribution in [2.45, 2.75) is 45.1 Å². The highest BCUT2D eigenvalue weighted by molar-refractivity contribution is 5.77. The van der Waals surface area contributed by atoms with Crippen LogP contribution in [-0.2, 0) is 11.2 Å². The van der Waals surface area contributed by atoms with Gasteiger partial charge in [0.25, 0.3) is 0 Å². The Bertz CT molecular complexity index is 694. The van der Waals surface area contributed by atoms with E-state index in [1.54, 1.807) is 0 Å². The first kappa shape index (κ1) is 16.4. The normalized spacial score (nSPS) is 17.7. The Labute approximate surface area is 142 Å². The summed E-state index contributed by atoms with van der Waals surface area (Å²) in [5, 5.41) is 4.04. The molecule has 1 aliphatic heterocycles. The number of benzene rings is 1. The van der Waals surface area contributed by atoms with E-state index < -0.39 is 0 Å². The van der Waals surface area contributed by atoms with Crippen molar-refractivity contribution in [3.63, 3.8) is 0 Å². The van der Waals surface area contributed by atoms with Gasteiger partial charge in [0.15, 0.2) is 5.82 Å². The third kappa shape index (κ3) is 3.91. The fourth-order valence-corrected chi connectivity index (χ4v) is 3.01. The average molecular weight is 325 g/mol. The highest BCUT2D eigenvalue weighted by Crippen LogP contribution is 2.30. The van der Waals surface area contributed by atoms with Crippen molar-refractivity contribution in [2.75, 3.05) is 6.54 Å². The van der Waals surface area contributed by atoms with Gasteiger partial charge in [-0.25, -0.2) is 0 Å². The summed E-state index contributed by atoms with van der Waals surface area (Å²) in [5.74, 6) is 1.45. The molecular formula is C19H23N3O2. The van der Waals surface area contributed by atoms with Gasteiger partial charge in [-0.2, -0.15) is 4.98 Å². The fraction of sp³-hybridized carbons (Fsp3) is 0.421. The summed E-state index contributed by atoms with van der Waals surface area (Å²) in [6, 6.07) is 10.1. The first-order valence-electron chi connectivity index (χ1n) is 8.61. The molecule has 1 atom stereocenters. The first-order chi connectivity index (χ1) is 11.8. The van der Waals surface area contributed by atoms with Gasteiger partial charge in [-0.3, -0.25) is 4.79 Å². The Hall–Kier alpha value is -2.43. The van der Waals surface area contributed by atoms with Gasteiger partial charge in [0, 0.05) is 19.4 Å². The number of allylic oxidation sites excluding steroid dienone is 1. The Balaban J connectivity index is 1.55. The lowest BCUT2D eigenvalue weighted by molar-refractivity contribution is -0.132. The zero-order valence-corrected chi connectivity index (χ0v) is 14.0. The number of nitrogens with zero attached hydrogens (tertiary/aromatic N) is 3. The van der Waals surface area contributed by atoms with E-state index >= 15 is 0 Å². The van der Waals surface area contributed by atoms with Crippen LogP contribution in [0.25, 0.3) is 6.08 Å². The maximum Gasteiger partial charge on any atom is 0.226 e. The van der Waals surface area contributed by atoms with Gasteiger partial charge in [-0.1, -0.05) is 54.6 Å². The summed E-state index contributed by atoms with van der Waals surface area (Å²) < 4.78 is 5.19. The van der Waals surface area contributed by atoms with E-state index in [9.17, 15) is 4.79 Å². The van der Waals surface area contributed by atoms with E-state index in [-0.39, 0.29) is 11.9 Å². The number of hydrogen-bond donors (Lipinski definition) is 0. The summed E-state index contributed by atoms with van der Waals surface area (Å²) in [7, 11) is 0. The third-order valence-corrected chi connectivity index (χ3v) is 4.29. The number of aromatic nitrogens is 2. The molecule has 24 heavy (non-hydrogen) atoms. The molecule has 2 heterocycles. The predicted molar refractivity (Wildman–Crippen MR) is 92.1 cm³/mol. The summed E-state index contributed by atoms with van der Waals surface area (Å²) in [5.41, 5.74) is 1.16. The molecule has 5 nitrogen and oxygen atoms in total. The average Bonchev–Trinajstić information content (AvgIpc) is 3.28. The first-order valence-corrected chi connectivity index (χ1v) is 8.61. The highest BCUT2D eigenvalue weighted by Gasteiger charge is 2.32. The summed E-state index contributed by atoms with van der Waals surface area (Å²) in [6.45, 7) is 2.76. The molecule has 0 N–H and O–H groups in total. The second kappa shape index (κ2) is 7.90. The van der Waals surface area contributed by atoms with Crippen LogP contribution in [0.3, 0.4) is 0 Å². The summed E-state index contributed by atoms with van der Waals surface area (Å²) in [6.07, 6.45) is 7.99. The van der Waals surface area contributed by atoms with Gasteiger partial charge < -0.3 is 9.42 Å². The maximum atomic E-state index is 12.5. The van der Waals surface area contributed by atoms with Crippen LogP contribution in [0.5, 0.6) is 0 Å². The molecule has 0 bridgehead atoms. The molecule has 0 spiro atoms. The smallest absolute Gasteiger partial charge is 0.226 e. The molecule has 1 saturated heterocycles. The van der Waals surface area contributed by atoms with E-state index in [2.05, 4.69) is 34.4 Å². The SMILES string of the molecule is CCc1nc([C@@H]2CCCN2C(=O)CC/C=C/c2ccccc2)no1. The minimum Gasteiger partial charge on any atom is -0.339 e. The molecule has 1 aliphatic rings. The van der Waals surface area contributed by atoms with Crippen LogP contribution in [0, 0.1) is 0 Å². The van der Waals surface area contributed by atoms with Crippen LogP contribution >= 0.6 is 0 Å². The lowest BCUT2D eigenvalue weighted by atomic mass is 10.1. The number of amides is 1. The standard InChI is InChI=1S/C19H23N3O2/c1-2-17-20-19(21-24-17)16-12-8-14-22(16)18(23)13-7-6-11-15-9-4-3-5-10-15/h3-6,9-11,16H,2,7-8,12-14H2,1H3/b11-6+/t16-/m0/s1. The number of likely N-dealkylation sites (tertiary alicyclic amines) is 1. The van der Waals surface area contributed by atoms with E-state index in [4.69, 9.17) is 4.52 Å². The molecular weight excluding hydrogens is 302 g/mol. The van der Waals surface area contributed by atoms with Crippen LogP contribution in [0.1, 0.15) is 55.9 Å². The molecule has 0 unspecified atom stereocenters. The minimum absolute atomic E-state index is 0.0281. The van der Waals surface area contributed by atoms with Crippen LogP contribution in [0.4, 0.5) is 0 Å². The number of carbonyl (C=O) groups is 1. The van der Waals surface area contributed by atoms with Gasteiger partial charge in [-0.15, -0.1) is 0 Å². The van der Waals surface area contributed by atoms with Crippen molar-refractivity contribution in [3.05, 3.63) is 53.7 Å². The topological polar surface area (TPSA) is 59.2 Å². The minimum atomic E-state index is -0.0281. The third-order valence-electron chi connectivity index (χ3n) is 4.29. The second-order valence-electron chi connectivity index (χ2n) is 6.00. The lowest BCUT2D eigenvalue weighted by Gasteiger charge is -2.21. The maximum absolute atomic E-state index is 12.5. The zero-order chi connectivity index (χ0) is 16.8. The molecule has 1 aromatic carbocycles. The molecule has 126 valence electrons. The largest absolute Gasteiger partial charge is 0.339 e. The number of carbonyl (C=O) groups excluding carboxylic acids is 1. The van der Waals surface area contributed by atoms with Crippen molar-refractivity contribution in [3.8, 4) is 0 Å². The predicted octanol–water partition coefficient (Wildman–Crippen LogP) is 3.79. The van der Waals surface area contributed by atoms with E-state index in [0.29, 0.717) is 18.1 Å². The zero-order valence-electron chi connectivity index (χ0n) is 14.0. The number of hydrogen-bond acceptors (Lipinski definition) is 4. The molecule has 0 saturated carbocycles. The molecule has 3 rings (SSSR count). The van der Waals surface area contributed by atoms with Gasteiger partial charge in [0.2, 0.25) is 11.8 Å². The molecule has 2 aromatic rings. The quantitative estimate of drug-likeness (QED) is 0.811. The Morgan fingerprint density at radius 1 is 1.38 bits per heavy atom. The van der Waals surface area contributed by atoms with Crippen LogP contribution in [-0.4, -0.2) is 27.5 Å². The second-order valence-corrected chi connectivity index (χ2v) is 6.00. The Morgan fingerprint density at radius 2 is 2.21 bits per heavy atom. The molecule has 1 fully saturated rings. The highest BCUT2D eigenvalue weighted by atomic mass is 16.5. The van der Waals surface area contributed by atoms with Gasteiger partial charge in [0.1, 0.15) is 0 Å². The number of rotatable bonds is 6. The Morgan fingerprint density at radius 3 is 2.96 bits per heavy atom. The van der Waals surface area contributed by atoms with E-state index in [0.717, 1.165) is 37.8 Å². The van der Waals surface area contributed by atoms with Crippen molar-refractivity contribution in [2.24, 2.45) is 0 Å². The van der Waals surface area contributed by atoms with E-state index in [1.807, 2.05) is 30.0 Å². The van der Waals surface area contributed by atoms with Gasteiger partial charge in [-0.05, 0) is 24.8 Å². The summed E-state index contributed by atoms with van der Waals surface area (Å²) in [4.78, 5) is 18.8. The van der Waals surface area contributed by atoms with Gasteiger partial charge >= 0.3 is 0 Å². The number of aryl methyl sites for hydroxylation is 1. The van der Waals surface area contributed by atoms with Crippen molar-refractivity contribution in [1.82, 2.24) is 15.0 Å². The van der Waals surface area contributed by atoms with Gasteiger partial charge in [0.05, 0.1) is 6.04 Å². The van der Waals surface area contributed by atoms with Crippen LogP contribution in [0.2, 0.25) is 0 Å².